The number of aromatic nitrogens is 2. The lowest BCUT2D eigenvalue weighted by atomic mass is 9.96. The third kappa shape index (κ3) is 5.22. The van der Waals surface area contributed by atoms with E-state index in [9.17, 15) is 10.1 Å². The van der Waals surface area contributed by atoms with Crippen LogP contribution in [0.2, 0.25) is 0 Å². The van der Waals surface area contributed by atoms with Gasteiger partial charge in [0.25, 0.3) is 0 Å². The second-order valence-electron chi connectivity index (χ2n) is 8.53. The summed E-state index contributed by atoms with van der Waals surface area (Å²) in [6, 6.07) is 28.4. The van der Waals surface area contributed by atoms with Crippen LogP contribution in [0.5, 0.6) is 0 Å². The first-order valence-corrected chi connectivity index (χ1v) is 12.5. The normalized spacial score (nSPS) is 14.1. The van der Waals surface area contributed by atoms with Gasteiger partial charge in [-0.15, -0.1) is 0 Å². The molecule has 0 saturated carbocycles. The predicted molar refractivity (Wildman–Crippen MR) is 145 cm³/mol. The maximum atomic E-state index is 12.1. The standard InChI is InChI=1S/C27H25BrN6O2/c28-22-11-13-23(14-12-22)31-26-25(34(35)36)27(30-19-29-26)33-17-15-32(16-18-33)24(20-7-3-1-4-8-20)21-9-5-2-6-10-21/h1-14,19,24H,15-18H2,(H,29,30,31). The van der Waals surface area contributed by atoms with Crippen LogP contribution >= 0.6 is 15.9 Å². The summed E-state index contributed by atoms with van der Waals surface area (Å²) < 4.78 is 0.924. The molecule has 36 heavy (non-hydrogen) atoms. The first-order valence-electron chi connectivity index (χ1n) is 11.7. The van der Waals surface area contributed by atoms with Crippen molar-refractivity contribution in [1.29, 1.82) is 0 Å². The molecule has 0 bridgehead atoms. The number of halogens is 1. The molecule has 2 heterocycles. The van der Waals surface area contributed by atoms with E-state index in [4.69, 9.17) is 0 Å². The van der Waals surface area contributed by atoms with Crippen LogP contribution in [0, 0.1) is 10.1 Å². The summed E-state index contributed by atoms with van der Waals surface area (Å²) >= 11 is 3.40. The van der Waals surface area contributed by atoms with Crippen LogP contribution in [-0.2, 0) is 0 Å². The Bertz CT molecular complexity index is 1270. The minimum atomic E-state index is -0.403. The molecule has 8 nitrogen and oxygen atoms in total. The number of hydrogen-bond acceptors (Lipinski definition) is 7. The highest BCUT2D eigenvalue weighted by Gasteiger charge is 2.32. The van der Waals surface area contributed by atoms with Crippen molar-refractivity contribution in [2.24, 2.45) is 0 Å². The van der Waals surface area contributed by atoms with E-state index in [1.165, 1.54) is 17.5 Å². The second kappa shape index (κ2) is 10.8. The van der Waals surface area contributed by atoms with Crippen LogP contribution in [0.4, 0.5) is 23.0 Å². The van der Waals surface area contributed by atoms with Gasteiger partial charge in [0.15, 0.2) is 0 Å². The van der Waals surface area contributed by atoms with Crippen molar-refractivity contribution >= 4 is 38.9 Å². The molecule has 1 N–H and O–H groups in total. The molecule has 4 aromatic rings. The van der Waals surface area contributed by atoms with E-state index >= 15 is 0 Å². The molecular weight excluding hydrogens is 520 g/mol. The SMILES string of the molecule is O=[N+]([O-])c1c(Nc2ccc(Br)cc2)ncnc1N1CCN(C(c2ccccc2)c2ccccc2)CC1. The average Bonchev–Trinajstić information content (AvgIpc) is 2.91. The maximum absolute atomic E-state index is 12.1. The summed E-state index contributed by atoms with van der Waals surface area (Å²) in [6.45, 7) is 2.72. The van der Waals surface area contributed by atoms with E-state index in [1.54, 1.807) is 0 Å². The van der Waals surface area contributed by atoms with Gasteiger partial charge in [-0.05, 0) is 35.4 Å². The molecule has 1 aliphatic heterocycles. The van der Waals surface area contributed by atoms with Crippen molar-refractivity contribution in [1.82, 2.24) is 14.9 Å². The lowest BCUT2D eigenvalue weighted by Crippen LogP contribution is -2.48. The largest absolute Gasteiger partial charge is 0.353 e. The van der Waals surface area contributed by atoms with Crippen molar-refractivity contribution < 1.29 is 4.92 Å². The fourth-order valence-corrected chi connectivity index (χ4v) is 4.87. The molecule has 1 saturated heterocycles. The summed E-state index contributed by atoms with van der Waals surface area (Å²) in [5.74, 6) is 0.520. The molecule has 1 fully saturated rings. The van der Waals surface area contributed by atoms with Crippen molar-refractivity contribution in [3.8, 4) is 0 Å². The Morgan fingerprint density at radius 2 is 1.42 bits per heavy atom. The zero-order valence-electron chi connectivity index (χ0n) is 19.5. The number of anilines is 3. The van der Waals surface area contributed by atoms with E-state index in [0.29, 0.717) is 24.6 Å². The second-order valence-corrected chi connectivity index (χ2v) is 9.45. The Balaban J connectivity index is 1.38. The van der Waals surface area contributed by atoms with Gasteiger partial charge in [-0.25, -0.2) is 9.97 Å². The number of rotatable bonds is 7. The predicted octanol–water partition coefficient (Wildman–Crippen LogP) is 5.80. The van der Waals surface area contributed by atoms with Gasteiger partial charge >= 0.3 is 5.69 Å². The molecule has 0 radical (unpaired) electrons. The smallest absolute Gasteiger partial charge is 0.348 e. The van der Waals surface area contributed by atoms with Crippen molar-refractivity contribution in [2.75, 3.05) is 36.4 Å². The molecule has 3 aromatic carbocycles. The number of nitrogens with one attached hydrogen (secondary N) is 1. The molecule has 182 valence electrons. The van der Waals surface area contributed by atoms with Crippen LogP contribution < -0.4 is 10.2 Å². The van der Waals surface area contributed by atoms with Gasteiger partial charge < -0.3 is 10.2 Å². The summed E-state index contributed by atoms with van der Waals surface area (Å²) in [4.78, 5) is 24.6. The van der Waals surface area contributed by atoms with Gasteiger partial charge in [-0.3, -0.25) is 15.0 Å². The Morgan fingerprint density at radius 3 is 1.97 bits per heavy atom. The molecule has 0 amide bonds. The zero-order valence-corrected chi connectivity index (χ0v) is 21.1. The molecule has 5 rings (SSSR count). The lowest BCUT2D eigenvalue weighted by Gasteiger charge is -2.40. The summed E-state index contributed by atoms with van der Waals surface area (Å²) in [6.07, 6.45) is 1.38. The van der Waals surface area contributed by atoms with Crippen LogP contribution in [0.1, 0.15) is 17.2 Å². The summed E-state index contributed by atoms with van der Waals surface area (Å²) in [5, 5.41) is 15.2. The van der Waals surface area contributed by atoms with E-state index in [-0.39, 0.29) is 17.5 Å². The molecule has 1 aliphatic rings. The average molecular weight is 545 g/mol. The first kappa shape index (κ1) is 23.9. The Labute approximate surface area is 217 Å². The summed E-state index contributed by atoms with van der Waals surface area (Å²) in [7, 11) is 0. The number of nitrogens with zero attached hydrogens (tertiary/aromatic N) is 5. The van der Waals surface area contributed by atoms with Crippen molar-refractivity contribution in [3.63, 3.8) is 0 Å². The fourth-order valence-electron chi connectivity index (χ4n) is 4.61. The van der Waals surface area contributed by atoms with Gasteiger partial charge in [-0.1, -0.05) is 76.6 Å². The minimum Gasteiger partial charge on any atom is -0.348 e. The van der Waals surface area contributed by atoms with Gasteiger partial charge in [0.2, 0.25) is 11.6 Å². The van der Waals surface area contributed by atoms with Crippen LogP contribution in [0.3, 0.4) is 0 Å². The fraction of sp³-hybridized carbons (Fsp3) is 0.185. The molecular formula is C27H25BrN6O2. The van der Waals surface area contributed by atoms with E-state index in [1.807, 2.05) is 41.3 Å². The van der Waals surface area contributed by atoms with E-state index < -0.39 is 4.92 Å². The summed E-state index contributed by atoms with van der Waals surface area (Å²) in [5.41, 5.74) is 3.05. The highest BCUT2D eigenvalue weighted by molar-refractivity contribution is 9.10. The van der Waals surface area contributed by atoms with Gasteiger partial charge in [0.1, 0.15) is 6.33 Å². The van der Waals surface area contributed by atoms with Crippen molar-refractivity contribution in [3.05, 3.63) is 117 Å². The van der Waals surface area contributed by atoms with Crippen LogP contribution in [0.25, 0.3) is 0 Å². The zero-order chi connectivity index (χ0) is 24.9. The van der Waals surface area contributed by atoms with E-state index in [0.717, 1.165) is 17.6 Å². The maximum Gasteiger partial charge on any atom is 0.353 e. The number of piperazine rings is 1. The number of benzene rings is 3. The molecule has 0 aliphatic carbocycles. The molecule has 0 unspecified atom stereocenters. The van der Waals surface area contributed by atoms with Gasteiger partial charge in [0, 0.05) is 36.3 Å². The third-order valence-corrected chi connectivity index (χ3v) is 6.83. The quantitative estimate of drug-likeness (QED) is 0.232. The van der Waals surface area contributed by atoms with Crippen molar-refractivity contribution in [2.45, 2.75) is 6.04 Å². The third-order valence-electron chi connectivity index (χ3n) is 6.30. The van der Waals surface area contributed by atoms with Gasteiger partial charge in [-0.2, -0.15) is 0 Å². The molecule has 9 heteroatoms. The highest BCUT2D eigenvalue weighted by atomic mass is 79.9. The lowest BCUT2D eigenvalue weighted by molar-refractivity contribution is -0.383. The molecule has 0 atom stereocenters. The van der Waals surface area contributed by atoms with Crippen LogP contribution in [0.15, 0.2) is 95.7 Å². The van der Waals surface area contributed by atoms with E-state index in [2.05, 4.69) is 84.6 Å². The number of nitro groups is 1. The highest BCUT2D eigenvalue weighted by Crippen LogP contribution is 2.36. The molecule has 0 spiro atoms. The monoisotopic (exact) mass is 544 g/mol. The topological polar surface area (TPSA) is 87.4 Å². The number of hydrogen-bond donors (Lipinski definition) is 1. The Hall–Kier alpha value is -3.82. The first-order chi connectivity index (χ1) is 17.6. The van der Waals surface area contributed by atoms with Gasteiger partial charge in [0.05, 0.1) is 11.0 Å². The Kier molecular flexibility index (Phi) is 7.20. The Morgan fingerprint density at radius 1 is 0.833 bits per heavy atom. The molecule has 1 aromatic heterocycles. The van der Waals surface area contributed by atoms with Crippen LogP contribution in [-0.4, -0.2) is 46.0 Å². The minimum absolute atomic E-state index is 0.114.